The van der Waals surface area contributed by atoms with Gasteiger partial charge >= 0.3 is 11.8 Å². The number of hydrogen-bond donors (Lipinski definition) is 3. The Balaban J connectivity index is 1.53. The molecule has 6 nitrogen and oxygen atoms in total. The molecular formula is C20H24N2O4S. The third-order valence-electron chi connectivity index (χ3n) is 4.69. The Morgan fingerprint density at radius 2 is 2.04 bits per heavy atom. The number of furan rings is 1. The quantitative estimate of drug-likeness (QED) is 0.502. The molecule has 0 fully saturated rings. The van der Waals surface area contributed by atoms with Crippen molar-refractivity contribution in [3.05, 3.63) is 58.2 Å². The second kappa shape index (κ2) is 9.01. The molecule has 2 amide bonds. The molecule has 1 atom stereocenters. The van der Waals surface area contributed by atoms with E-state index >= 15 is 0 Å². The van der Waals surface area contributed by atoms with Gasteiger partial charge in [-0.25, -0.2) is 0 Å². The predicted molar refractivity (Wildman–Crippen MR) is 103 cm³/mol. The van der Waals surface area contributed by atoms with Gasteiger partial charge in [-0.3, -0.25) is 9.59 Å². The van der Waals surface area contributed by atoms with Crippen LogP contribution in [0.25, 0.3) is 0 Å². The third-order valence-corrected chi connectivity index (χ3v) is 5.71. The topological polar surface area (TPSA) is 91.6 Å². The Hall–Kier alpha value is -2.38. The number of carbonyl (C=O) groups excluding carboxylic acids is 2. The number of rotatable bonds is 7. The standard InChI is InChI=1S/C20H24N2O4S/c23-18(21-11-10-15-6-2-1-3-7-15)19(24)22-14-20(25,16-8-4-12-26-16)17-9-5-13-27-17/h4-6,8-9,12-13,25H,1-3,7,10-11,14H2,(H,21,23)(H,22,24). The van der Waals surface area contributed by atoms with Crippen molar-refractivity contribution < 1.29 is 19.1 Å². The molecular weight excluding hydrogens is 364 g/mol. The van der Waals surface area contributed by atoms with Crippen LogP contribution in [0.3, 0.4) is 0 Å². The number of thiophene rings is 1. The molecule has 144 valence electrons. The zero-order valence-corrected chi connectivity index (χ0v) is 15.9. The van der Waals surface area contributed by atoms with Gasteiger partial charge in [0.2, 0.25) is 0 Å². The molecule has 0 saturated heterocycles. The second-order valence-electron chi connectivity index (χ2n) is 6.61. The van der Waals surface area contributed by atoms with E-state index in [2.05, 4.69) is 16.7 Å². The summed E-state index contributed by atoms with van der Waals surface area (Å²) in [6, 6.07) is 6.88. The van der Waals surface area contributed by atoms with Crippen LogP contribution in [0.4, 0.5) is 0 Å². The number of aliphatic hydroxyl groups is 1. The van der Waals surface area contributed by atoms with Crippen LogP contribution in [0.2, 0.25) is 0 Å². The summed E-state index contributed by atoms with van der Waals surface area (Å²) in [5, 5.41) is 18.1. The normalized spacial score (nSPS) is 16.3. The Morgan fingerprint density at radius 3 is 2.70 bits per heavy atom. The molecule has 2 aromatic heterocycles. The van der Waals surface area contributed by atoms with Crippen LogP contribution in [0, 0.1) is 0 Å². The van der Waals surface area contributed by atoms with E-state index in [0.717, 1.165) is 19.3 Å². The van der Waals surface area contributed by atoms with Gasteiger partial charge in [-0.1, -0.05) is 17.7 Å². The lowest BCUT2D eigenvalue weighted by molar-refractivity contribution is -0.139. The van der Waals surface area contributed by atoms with E-state index in [9.17, 15) is 14.7 Å². The number of allylic oxidation sites excluding steroid dienone is 1. The van der Waals surface area contributed by atoms with Crippen molar-refractivity contribution in [2.45, 2.75) is 37.7 Å². The molecule has 1 aliphatic carbocycles. The van der Waals surface area contributed by atoms with Gasteiger partial charge in [0, 0.05) is 11.4 Å². The minimum atomic E-state index is -1.51. The van der Waals surface area contributed by atoms with Crippen LogP contribution in [-0.2, 0) is 15.2 Å². The van der Waals surface area contributed by atoms with Crippen molar-refractivity contribution >= 4 is 23.2 Å². The Morgan fingerprint density at radius 1 is 1.19 bits per heavy atom. The molecule has 0 saturated carbocycles. The summed E-state index contributed by atoms with van der Waals surface area (Å²) in [6.07, 6.45) is 9.03. The molecule has 0 aliphatic heterocycles. The van der Waals surface area contributed by atoms with Gasteiger partial charge < -0.3 is 20.2 Å². The van der Waals surface area contributed by atoms with Crippen molar-refractivity contribution in [1.82, 2.24) is 10.6 Å². The highest BCUT2D eigenvalue weighted by Crippen LogP contribution is 2.32. The highest BCUT2D eigenvalue weighted by molar-refractivity contribution is 7.10. The van der Waals surface area contributed by atoms with E-state index in [0.29, 0.717) is 17.2 Å². The van der Waals surface area contributed by atoms with Crippen LogP contribution in [0.15, 0.2) is 52.0 Å². The Kier molecular flexibility index (Phi) is 6.47. The summed E-state index contributed by atoms with van der Waals surface area (Å²) >= 11 is 1.35. The van der Waals surface area contributed by atoms with Crippen molar-refractivity contribution in [2.75, 3.05) is 13.1 Å². The van der Waals surface area contributed by atoms with E-state index in [1.165, 1.54) is 36.0 Å². The number of amides is 2. The molecule has 2 heterocycles. The number of hydrogen-bond acceptors (Lipinski definition) is 5. The SMILES string of the molecule is O=C(NCCC1=CCCCC1)C(=O)NCC(O)(c1ccco1)c1cccs1. The van der Waals surface area contributed by atoms with Crippen molar-refractivity contribution in [3.8, 4) is 0 Å². The summed E-state index contributed by atoms with van der Waals surface area (Å²) in [5.41, 5.74) is -0.174. The van der Waals surface area contributed by atoms with Crippen molar-refractivity contribution in [1.29, 1.82) is 0 Å². The monoisotopic (exact) mass is 388 g/mol. The molecule has 0 bridgehead atoms. The van der Waals surface area contributed by atoms with Crippen molar-refractivity contribution in [2.24, 2.45) is 0 Å². The first-order valence-electron chi connectivity index (χ1n) is 9.14. The van der Waals surface area contributed by atoms with E-state index < -0.39 is 17.4 Å². The average molecular weight is 388 g/mol. The van der Waals surface area contributed by atoms with Crippen LogP contribution in [-0.4, -0.2) is 30.0 Å². The molecule has 27 heavy (non-hydrogen) atoms. The molecule has 1 unspecified atom stereocenters. The summed E-state index contributed by atoms with van der Waals surface area (Å²) in [4.78, 5) is 24.8. The molecule has 0 aromatic carbocycles. The third kappa shape index (κ3) is 4.87. The average Bonchev–Trinajstić information content (AvgIpc) is 3.41. The Bertz CT molecular complexity index is 747. The fraction of sp³-hybridized carbons (Fsp3) is 0.400. The highest BCUT2D eigenvalue weighted by Gasteiger charge is 2.36. The second-order valence-corrected chi connectivity index (χ2v) is 7.56. The maximum atomic E-state index is 12.1. The molecule has 7 heteroatoms. The van der Waals surface area contributed by atoms with Crippen LogP contribution >= 0.6 is 11.3 Å². The lowest BCUT2D eigenvalue weighted by Crippen LogP contribution is -2.46. The summed E-state index contributed by atoms with van der Waals surface area (Å²) in [5.74, 6) is -1.15. The van der Waals surface area contributed by atoms with Gasteiger partial charge in [-0.15, -0.1) is 11.3 Å². The zero-order chi connectivity index (χ0) is 19.1. The first-order chi connectivity index (χ1) is 13.1. The molecule has 0 spiro atoms. The zero-order valence-electron chi connectivity index (χ0n) is 15.1. The van der Waals surface area contributed by atoms with Gasteiger partial charge in [-0.05, 0) is 55.7 Å². The lowest BCUT2D eigenvalue weighted by Gasteiger charge is -2.25. The van der Waals surface area contributed by atoms with Crippen LogP contribution < -0.4 is 10.6 Å². The van der Waals surface area contributed by atoms with E-state index in [-0.39, 0.29) is 6.54 Å². The van der Waals surface area contributed by atoms with Gasteiger partial charge in [-0.2, -0.15) is 0 Å². The summed E-state index contributed by atoms with van der Waals surface area (Å²) < 4.78 is 5.35. The molecule has 0 radical (unpaired) electrons. The fourth-order valence-corrected chi connectivity index (χ4v) is 3.99. The van der Waals surface area contributed by atoms with E-state index in [1.807, 2.05) is 11.4 Å². The number of carbonyl (C=O) groups is 2. The lowest BCUT2D eigenvalue weighted by atomic mass is 9.97. The molecule has 1 aliphatic rings. The van der Waals surface area contributed by atoms with Crippen molar-refractivity contribution in [3.63, 3.8) is 0 Å². The smallest absolute Gasteiger partial charge is 0.309 e. The highest BCUT2D eigenvalue weighted by atomic mass is 32.1. The maximum absolute atomic E-state index is 12.1. The van der Waals surface area contributed by atoms with Gasteiger partial charge in [0.25, 0.3) is 0 Å². The minimum absolute atomic E-state index is 0.154. The van der Waals surface area contributed by atoms with Gasteiger partial charge in [0.05, 0.1) is 12.8 Å². The van der Waals surface area contributed by atoms with E-state index in [1.54, 1.807) is 18.2 Å². The predicted octanol–water partition coefficient (Wildman–Crippen LogP) is 2.70. The Labute approximate surface area is 162 Å². The molecule has 3 N–H and O–H groups in total. The van der Waals surface area contributed by atoms with Crippen LogP contribution in [0.1, 0.15) is 42.7 Å². The first-order valence-corrected chi connectivity index (χ1v) is 10.0. The maximum Gasteiger partial charge on any atom is 0.309 e. The van der Waals surface area contributed by atoms with Gasteiger partial charge in [0.15, 0.2) is 5.60 Å². The van der Waals surface area contributed by atoms with Crippen LogP contribution in [0.5, 0.6) is 0 Å². The summed E-state index contributed by atoms with van der Waals surface area (Å²) in [7, 11) is 0. The minimum Gasteiger partial charge on any atom is -0.466 e. The van der Waals surface area contributed by atoms with E-state index in [4.69, 9.17) is 4.42 Å². The largest absolute Gasteiger partial charge is 0.466 e. The fourth-order valence-electron chi connectivity index (χ4n) is 3.16. The van der Waals surface area contributed by atoms with Gasteiger partial charge in [0.1, 0.15) is 5.76 Å². The summed E-state index contributed by atoms with van der Waals surface area (Å²) in [6.45, 7) is 0.282. The molecule has 3 rings (SSSR count). The number of nitrogens with one attached hydrogen (secondary N) is 2. The molecule has 2 aromatic rings. The first kappa shape index (κ1) is 19.4.